The van der Waals surface area contributed by atoms with Gasteiger partial charge in [-0.1, -0.05) is 12.2 Å². The number of aliphatic hydroxyl groups is 1. The number of aliphatic hydroxyl groups excluding tert-OH is 1. The van der Waals surface area contributed by atoms with E-state index in [1.54, 1.807) is 4.90 Å². The fourth-order valence-corrected chi connectivity index (χ4v) is 3.04. The maximum atomic E-state index is 13.8. The molecule has 100 valence electrons. The lowest BCUT2D eigenvalue weighted by Gasteiger charge is -2.24. The molecule has 0 spiro atoms. The summed E-state index contributed by atoms with van der Waals surface area (Å²) in [6.07, 6.45) is 1.19. The molecular weight excluding hydrogens is 280 g/mol. The van der Waals surface area contributed by atoms with E-state index in [9.17, 15) is 13.9 Å². The molecule has 1 aromatic rings. The van der Waals surface area contributed by atoms with Gasteiger partial charge in [0.15, 0.2) is 6.10 Å². The summed E-state index contributed by atoms with van der Waals surface area (Å²) in [6, 6.07) is 2.77. The zero-order valence-corrected chi connectivity index (χ0v) is 11.1. The minimum absolute atomic E-state index is 0.128. The van der Waals surface area contributed by atoms with Crippen LogP contribution in [0.4, 0.5) is 8.78 Å². The number of likely N-dealkylation sites (tertiary alicyclic amines) is 1. The maximum absolute atomic E-state index is 13.8. The van der Waals surface area contributed by atoms with Crippen molar-refractivity contribution < 1.29 is 18.3 Å². The highest BCUT2D eigenvalue weighted by Gasteiger charge is 2.44. The van der Waals surface area contributed by atoms with Crippen LogP contribution in [0.15, 0.2) is 22.8 Å². The molecule has 1 atom stereocenters. The molecule has 0 aliphatic carbocycles. The number of hydrogen-bond donors (Lipinski definition) is 1. The summed E-state index contributed by atoms with van der Waals surface area (Å²) in [5.41, 5.74) is 0. The fourth-order valence-electron chi connectivity index (χ4n) is 1.75. The van der Waals surface area contributed by atoms with Gasteiger partial charge in [0.1, 0.15) is 10.1 Å². The number of alkyl halides is 2. The van der Waals surface area contributed by atoms with E-state index in [0.29, 0.717) is 13.1 Å². The van der Waals surface area contributed by atoms with Crippen LogP contribution in [-0.2, 0) is 0 Å². The summed E-state index contributed by atoms with van der Waals surface area (Å²) in [5, 5.41) is 6.19. The van der Waals surface area contributed by atoms with Crippen molar-refractivity contribution in [1.82, 2.24) is 4.90 Å². The molecule has 2 heterocycles. The number of halogens is 2. The lowest BCUT2D eigenvalue weighted by molar-refractivity contribution is -0.0453. The van der Waals surface area contributed by atoms with Gasteiger partial charge in [0.25, 0.3) is 0 Å². The van der Waals surface area contributed by atoms with Gasteiger partial charge in [-0.05, 0) is 36.7 Å². The van der Waals surface area contributed by atoms with Crippen LogP contribution < -0.4 is 0 Å². The molecule has 1 aliphatic rings. The van der Waals surface area contributed by atoms with Crippen LogP contribution in [-0.4, -0.2) is 32.7 Å². The summed E-state index contributed by atoms with van der Waals surface area (Å²) in [4.78, 5) is 1.74. The number of nitrogens with zero attached hydrogens (tertiary/aromatic N) is 1. The summed E-state index contributed by atoms with van der Waals surface area (Å²) in [6.45, 7) is 1.41. The average Bonchev–Trinajstić information content (AvgIpc) is 3.00. The molecule has 1 unspecified atom stereocenters. The third-order valence-electron chi connectivity index (χ3n) is 2.72. The first kappa shape index (κ1) is 13.8. The monoisotopic (exact) mass is 293 g/mol. The number of rotatable bonds is 3. The fraction of sp³-hybridized carbons (Fsp3) is 0.545. The first-order chi connectivity index (χ1) is 8.50. The van der Waals surface area contributed by atoms with Crippen LogP contribution in [0.5, 0.6) is 0 Å². The van der Waals surface area contributed by atoms with Gasteiger partial charge in [0, 0.05) is 13.1 Å². The molecule has 0 amide bonds. The lowest BCUT2D eigenvalue weighted by Crippen LogP contribution is -2.30. The molecule has 18 heavy (non-hydrogen) atoms. The molecule has 0 radical (unpaired) electrons. The first-order valence-electron chi connectivity index (χ1n) is 5.58. The Balaban J connectivity index is 1.99. The van der Waals surface area contributed by atoms with E-state index in [2.05, 4.69) is 0 Å². The lowest BCUT2D eigenvalue weighted by atomic mass is 10.3. The third kappa shape index (κ3) is 3.02. The normalized spacial score (nSPS) is 18.1. The molecule has 1 N–H and O–H groups in total. The van der Waals surface area contributed by atoms with Crippen LogP contribution in [0, 0.1) is 0 Å². The number of furan rings is 1. The van der Waals surface area contributed by atoms with Gasteiger partial charge in [-0.15, -0.1) is 0 Å². The number of thioether (sulfide) groups is 1. The van der Waals surface area contributed by atoms with E-state index < -0.39 is 11.4 Å². The second-order valence-corrected chi connectivity index (χ2v) is 5.82. The molecular formula is C11H13F2NO2S2. The van der Waals surface area contributed by atoms with Crippen molar-refractivity contribution in [2.75, 3.05) is 13.1 Å². The van der Waals surface area contributed by atoms with Crippen LogP contribution >= 0.6 is 24.0 Å². The van der Waals surface area contributed by atoms with E-state index in [0.717, 1.165) is 12.8 Å². The van der Waals surface area contributed by atoms with Crippen LogP contribution in [0.3, 0.4) is 0 Å². The summed E-state index contributed by atoms with van der Waals surface area (Å²) >= 11 is 5.20. The Kier molecular flexibility index (Phi) is 4.24. The Hall–Kier alpha value is -0.660. The van der Waals surface area contributed by atoms with E-state index >= 15 is 0 Å². The molecule has 1 aliphatic heterocycles. The molecule has 0 aromatic carbocycles. The molecule has 1 fully saturated rings. The van der Waals surface area contributed by atoms with Crippen molar-refractivity contribution in [3.8, 4) is 0 Å². The average molecular weight is 293 g/mol. The van der Waals surface area contributed by atoms with Gasteiger partial charge in [0.05, 0.1) is 6.26 Å². The molecule has 1 aromatic heterocycles. The first-order valence-corrected chi connectivity index (χ1v) is 6.80. The standard InChI is InChI=1S/C11H13F2NO2S2/c12-11(13,9(15)8-4-3-7-16-8)18-10(17)14-5-1-2-6-14/h3-4,7,9,15H,1-2,5-6H2. The van der Waals surface area contributed by atoms with Crippen LogP contribution in [0.25, 0.3) is 0 Å². The van der Waals surface area contributed by atoms with Gasteiger partial charge in [-0.25, -0.2) is 0 Å². The highest BCUT2D eigenvalue weighted by atomic mass is 32.2. The Labute approximate surface area is 113 Å². The predicted molar refractivity (Wildman–Crippen MR) is 69.6 cm³/mol. The molecule has 0 bridgehead atoms. The van der Waals surface area contributed by atoms with Gasteiger partial charge in [-0.3, -0.25) is 0 Å². The van der Waals surface area contributed by atoms with Gasteiger partial charge < -0.3 is 14.4 Å². The second kappa shape index (κ2) is 5.54. The van der Waals surface area contributed by atoms with Gasteiger partial charge >= 0.3 is 5.25 Å². The summed E-state index contributed by atoms with van der Waals surface area (Å²) in [7, 11) is 0. The summed E-state index contributed by atoms with van der Waals surface area (Å²) < 4.78 is 32.6. The zero-order valence-electron chi connectivity index (χ0n) is 9.51. The minimum atomic E-state index is -3.39. The molecule has 2 rings (SSSR count). The largest absolute Gasteiger partial charge is 0.466 e. The molecule has 3 nitrogen and oxygen atoms in total. The second-order valence-electron chi connectivity index (χ2n) is 4.04. The van der Waals surface area contributed by atoms with Crippen molar-refractivity contribution in [1.29, 1.82) is 0 Å². The Morgan fingerprint density at radius 3 is 2.72 bits per heavy atom. The van der Waals surface area contributed by atoms with E-state index in [4.69, 9.17) is 16.6 Å². The van der Waals surface area contributed by atoms with Crippen LogP contribution in [0.1, 0.15) is 24.7 Å². The number of hydrogen-bond acceptors (Lipinski definition) is 4. The van der Waals surface area contributed by atoms with Gasteiger partial charge in [-0.2, -0.15) is 8.78 Å². The minimum Gasteiger partial charge on any atom is -0.466 e. The van der Waals surface area contributed by atoms with E-state index in [-0.39, 0.29) is 21.8 Å². The number of thiocarbonyl (C=S) groups is 1. The highest BCUT2D eigenvalue weighted by Crippen LogP contribution is 2.42. The SMILES string of the molecule is OC(c1ccco1)C(F)(F)SC(=S)N1CCCC1. The van der Waals surface area contributed by atoms with Crippen molar-refractivity contribution >= 4 is 28.3 Å². The molecule has 7 heteroatoms. The van der Waals surface area contributed by atoms with Crippen molar-refractivity contribution in [3.05, 3.63) is 24.2 Å². The predicted octanol–water partition coefficient (Wildman–Crippen LogP) is 3.02. The smallest absolute Gasteiger partial charge is 0.332 e. The topological polar surface area (TPSA) is 36.6 Å². The molecule has 0 saturated carbocycles. The maximum Gasteiger partial charge on any atom is 0.332 e. The Bertz CT molecular complexity index is 405. The Morgan fingerprint density at radius 1 is 1.50 bits per heavy atom. The quantitative estimate of drug-likeness (QED) is 0.867. The highest BCUT2D eigenvalue weighted by molar-refractivity contribution is 8.23. The van der Waals surface area contributed by atoms with E-state index in [1.807, 2.05) is 0 Å². The zero-order chi connectivity index (χ0) is 13.2. The van der Waals surface area contributed by atoms with E-state index in [1.165, 1.54) is 18.4 Å². The van der Waals surface area contributed by atoms with Crippen molar-refractivity contribution in [3.63, 3.8) is 0 Å². The third-order valence-corrected chi connectivity index (χ3v) is 4.16. The van der Waals surface area contributed by atoms with Crippen molar-refractivity contribution in [2.24, 2.45) is 0 Å². The van der Waals surface area contributed by atoms with Gasteiger partial charge in [0.2, 0.25) is 0 Å². The molecule has 1 saturated heterocycles. The Morgan fingerprint density at radius 2 is 2.17 bits per heavy atom. The van der Waals surface area contributed by atoms with Crippen LogP contribution in [0.2, 0.25) is 0 Å². The summed E-state index contributed by atoms with van der Waals surface area (Å²) in [5.74, 6) is -0.156. The van der Waals surface area contributed by atoms with Crippen molar-refractivity contribution in [2.45, 2.75) is 24.2 Å².